The second-order valence-corrected chi connectivity index (χ2v) is 5.85. The van der Waals surface area contributed by atoms with E-state index in [0.29, 0.717) is 6.54 Å². The average molecular weight is 253 g/mol. The molecule has 1 aromatic heterocycles. The Bertz CT molecular complexity index is 383. The molecule has 4 heteroatoms. The van der Waals surface area contributed by atoms with Crippen LogP contribution in [0.25, 0.3) is 0 Å². The molecule has 0 saturated heterocycles. The Hall–Kier alpha value is -0.870. The Morgan fingerprint density at radius 2 is 2.35 bits per heavy atom. The zero-order valence-electron chi connectivity index (χ0n) is 10.1. The number of aliphatic hydroxyl groups excluding tert-OH is 1. The molecule has 3 nitrogen and oxygen atoms in total. The van der Waals surface area contributed by atoms with Crippen LogP contribution in [0.3, 0.4) is 0 Å². The summed E-state index contributed by atoms with van der Waals surface area (Å²) in [6, 6.07) is 3.99. The number of thiophene rings is 1. The first kappa shape index (κ1) is 12.6. The Balaban J connectivity index is 1.71. The van der Waals surface area contributed by atoms with E-state index in [1.807, 2.05) is 12.1 Å². The molecule has 0 spiro atoms. The smallest absolute Gasteiger partial charge is 0.223 e. The van der Waals surface area contributed by atoms with Gasteiger partial charge in [0.05, 0.1) is 6.10 Å². The van der Waals surface area contributed by atoms with Gasteiger partial charge in [0, 0.05) is 22.2 Å². The highest BCUT2D eigenvalue weighted by Crippen LogP contribution is 2.26. The maximum absolute atomic E-state index is 11.6. The third kappa shape index (κ3) is 3.30. The van der Waals surface area contributed by atoms with Crippen molar-refractivity contribution in [3.05, 3.63) is 21.9 Å². The summed E-state index contributed by atoms with van der Waals surface area (Å²) in [6.45, 7) is 2.48. The van der Waals surface area contributed by atoms with Crippen molar-refractivity contribution in [2.45, 2.75) is 38.7 Å². The molecule has 1 aliphatic carbocycles. The van der Waals surface area contributed by atoms with Crippen molar-refractivity contribution in [2.24, 2.45) is 5.92 Å². The van der Waals surface area contributed by atoms with Crippen molar-refractivity contribution >= 4 is 17.2 Å². The minimum atomic E-state index is -0.390. The molecule has 0 radical (unpaired) electrons. The first-order chi connectivity index (χ1) is 8.16. The van der Waals surface area contributed by atoms with Gasteiger partial charge in [-0.05, 0) is 38.3 Å². The van der Waals surface area contributed by atoms with Crippen LogP contribution in [0.4, 0.5) is 0 Å². The summed E-state index contributed by atoms with van der Waals surface area (Å²) in [6.07, 6.45) is 3.77. The van der Waals surface area contributed by atoms with Crippen LogP contribution in [0.1, 0.15) is 42.0 Å². The third-order valence-corrected chi connectivity index (χ3v) is 4.56. The van der Waals surface area contributed by atoms with Crippen molar-refractivity contribution in [2.75, 3.05) is 6.54 Å². The molecule has 0 unspecified atom stereocenters. The van der Waals surface area contributed by atoms with Crippen molar-refractivity contribution < 1.29 is 9.90 Å². The topological polar surface area (TPSA) is 49.3 Å². The molecule has 1 aliphatic rings. The molecule has 1 heterocycles. The van der Waals surface area contributed by atoms with E-state index in [2.05, 4.69) is 5.32 Å². The number of carbonyl (C=O) groups excluding carboxylic acids is 1. The van der Waals surface area contributed by atoms with Gasteiger partial charge in [-0.15, -0.1) is 11.3 Å². The lowest BCUT2D eigenvalue weighted by Crippen LogP contribution is -2.35. The van der Waals surface area contributed by atoms with Crippen molar-refractivity contribution in [3.63, 3.8) is 0 Å². The van der Waals surface area contributed by atoms with Gasteiger partial charge in [0.1, 0.15) is 0 Å². The fraction of sp³-hybridized carbons (Fsp3) is 0.615. The molecule has 1 fully saturated rings. The lowest BCUT2D eigenvalue weighted by Gasteiger charge is -2.23. The van der Waals surface area contributed by atoms with Gasteiger partial charge in [-0.25, -0.2) is 0 Å². The highest BCUT2D eigenvalue weighted by atomic mass is 32.1. The van der Waals surface area contributed by atoms with E-state index < -0.39 is 6.10 Å². The van der Waals surface area contributed by atoms with Gasteiger partial charge in [-0.1, -0.05) is 6.42 Å². The quantitative estimate of drug-likeness (QED) is 0.845. The lowest BCUT2D eigenvalue weighted by molar-refractivity contribution is -0.127. The van der Waals surface area contributed by atoms with Gasteiger partial charge < -0.3 is 10.4 Å². The van der Waals surface area contributed by atoms with E-state index in [0.717, 1.165) is 24.1 Å². The minimum Gasteiger partial charge on any atom is -0.388 e. The van der Waals surface area contributed by atoms with Crippen LogP contribution in [0.2, 0.25) is 0 Å². The highest BCUT2D eigenvalue weighted by molar-refractivity contribution is 7.12. The number of amides is 1. The minimum absolute atomic E-state index is 0.212. The fourth-order valence-corrected chi connectivity index (χ4v) is 2.83. The molecule has 1 atom stereocenters. The van der Waals surface area contributed by atoms with Gasteiger partial charge in [0.2, 0.25) is 5.91 Å². The van der Waals surface area contributed by atoms with E-state index in [1.165, 1.54) is 11.3 Å². The summed E-state index contributed by atoms with van der Waals surface area (Å²) in [4.78, 5) is 13.8. The second-order valence-electron chi connectivity index (χ2n) is 4.65. The second kappa shape index (κ2) is 5.65. The van der Waals surface area contributed by atoms with E-state index in [-0.39, 0.29) is 11.8 Å². The fourth-order valence-electron chi connectivity index (χ4n) is 1.88. The molecule has 17 heavy (non-hydrogen) atoms. The van der Waals surface area contributed by atoms with Gasteiger partial charge in [-0.2, -0.15) is 0 Å². The van der Waals surface area contributed by atoms with Crippen LogP contribution in [0.5, 0.6) is 0 Å². The standard InChI is InChI=1S/C13H19NO2S/c1-9(15)12-6-5-11(17-12)7-8-14-13(16)10-3-2-4-10/h5-6,9-10,15H,2-4,7-8H2,1H3,(H,14,16)/t9-/m1/s1. The maximum atomic E-state index is 11.6. The summed E-state index contributed by atoms with van der Waals surface area (Å²) in [5, 5.41) is 12.4. The summed E-state index contributed by atoms with van der Waals surface area (Å²) >= 11 is 1.62. The van der Waals surface area contributed by atoms with Crippen molar-refractivity contribution in [1.29, 1.82) is 0 Å². The Morgan fingerprint density at radius 3 is 2.88 bits per heavy atom. The Morgan fingerprint density at radius 1 is 1.59 bits per heavy atom. The molecule has 0 aromatic carbocycles. The van der Waals surface area contributed by atoms with E-state index in [9.17, 15) is 9.90 Å². The molecule has 0 bridgehead atoms. The van der Waals surface area contributed by atoms with Gasteiger partial charge in [0.15, 0.2) is 0 Å². The van der Waals surface area contributed by atoms with Crippen molar-refractivity contribution in [1.82, 2.24) is 5.32 Å². The first-order valence-corrected chi connectivity index (χ1v) is 7.03. The number of nitrogens with one attached hydrogen (secondary N) is 1. The Kier molecular flexibility index (Phi) is 4.18. The van der Waals surface area contributed by atoms with Crippen LogP contribution in [-0.4, -0.2) is 17.6 Å². The number of carbonyl (C=O) groups is 1. The van der Waals surface area contributed by atoms with E-state index in [1.54, 1.807) is 18.3 Å². The summed E-state index contributed by atoms with van der Waals surface area (Å²) in [7, 11) is 0. The summed E-state index contributed by atoms with van der Waals surface area (Å²) in [5.74, 6) is 0.481. The van der Waals surface area contributed by atoms with Gasteiger partial charge >= 0.3 is 0 Å². The lowest BCUT2D eigenvalue weighted by atomic mass is 9.85. The Labute approximate surface area is 106 Å². The highest BCUT2D eigenvalue weighted by Gasteiger charge is 2.24. The van der Waals surface area contributed by atoms with E-state index >= 15 is 0 Å². The predicted molar refractivity (Wildman–Crippen MR) is 69.0 cm³/mol. The first-order valence-electron chi connectivity index (χ1n) is 6.21. The van der Waals surface area contributed by atoms with Crippen LogP contribution < -0.4 is 5.32 Å². The SMILES string of the molecule is C[C@@H](O)c1ccc(CCNC(=O)C2CCC2)s1. The van der Waals surface area contributed by atoms with Crippen molar-refractivity contribution in [3.8, 4) is 0 Å². The molecular formula is C13H19NO2S. The van der Waals surface area contributed by atoms with Crippen LogP contribution in [0, 0.1) is 5.92 Å². The third-order valence-electron chi connectivity index (χ3n) is 3.24. The molecule has 1 amide bonds. The van der Waals surface area contributed by atoms with Gasteiger partial charge in [0.25, 0.3) is 0 Å². The van der Waals surface area contributed by atoms with E-state index in [4.69, 9.17) is 0 Å². The molecule has 1 aromatic rings. The number of hydrogen-bond donors (Lipinski definition) is 2. The number of hydrogen-bond acceptors (Lipinski definition) is 3. The summed E-state index contributed by atoms with van der Waals surface area (Å²) in [5.41, 5.74) is 0. The molecule has 1 saturated carbocycles. The largest absolute Gasteiger partial charge is 0.388 e. The van der Waals surface area contributed by atoms with Gasteiger partial charge in [-0.3, -0.25) is 4.79 Å². The summed E-state index contributed by atoms with van der Waals surface area (Å²) < 4.78 is 0. The molecular weight excluding hydrogens is 234 g/mol. The molecule has 0 aliphatic heterocycles. The average Bonchev–Trinajstić information content (AvgIpc) is 2.63. The number of rotatable bonds is 5. The van der Waals surface area contributed by atoms with Crippen LogP contribution in [-0.2, 0) is 11.2 Å². The van der Waals surface area contributed by atoms with Crippen LogP contribution >= 0.6 is 11.3 Å². The molecule has 94 valence electrons. The maximum Gasteiger partial charge on any atom is 0.223 e. The molecule has 2 rings (SSSR count). The monoisotopic (exact) mass is 253 g/mol. The normalized spacial score (nSPS) is 17.5. The van der Waals surface area contributed by atoms with Crippen LogP contribution in [0.15, 0.2) is 12.1 Å². The molecule has 2 N–H and O–H groups in total. The predicted octanol–water partition coefficient (Wildman–Crippen LogP) is 2.26. The zero-order valence-corrected chi connectivity index (χ0v) is 10.9. The number of aliphatic hydroxyl groups is 1. The zero-order chi connectivity index (χ0) is 12.3.